The molecule has 7 nitrogen and oxygen atoms in total. The zero-order valence-corrected chi connectivity index (χ0v) is 8.24. The molecule has 72 valence electrons. The fraction of sp³-hybridized carbons (Fsp3) is 1.00. The van der Waals surface area contributed by atoms with Crippen molar-refractivity contribution in [2.24, 2.45) is 28.2 Å². The van der Waals surface area contributed by atoms with E-state index in [-0.39, 0.29) is 0 Å². The third-order valence-electron chi connectivity index (χ3n) is 2.02. The average molecular weight is 175 g/mol. The first-order chi connectivity index (χ1) is 5.59. The Morgan fingerprint density at radius 2 is 1.17 bits per heavy atom. The smallest absolute Gasteiger partial charge is 0.0508 e. The van der Waals surface area contributed by atoms with E-state index in [0.29, 0.717) is 0 Å². The summed E-state index contributed by atoms with van der Waals surface area (Å²) in [6, 6.07) is 0. The molecule has 0 fully saturated rings. The van der Waals surface area contributed by atoms with Gasteiger partial charge in [-0.2, -0.15) is 19.2 Å². The van der Waals surface area contributed by atoms with E-state index in [1.807, 2.05) is 59.3 Å². The topological polar surface area (TPSA) is 48.7 Å². The molecule has 0 spiro atoms. The van der Waals surface area contributed by atoms with Crippen LogP contribution in [0.1, 0.15) is 0 Å². The summed E-state index contributed by atoms with van der Waals surface area (Å²) in [5.41, 5.74) is 5.81. The summed E-state index contributed by atoms with van der Waals surface area (Å²) < 4.78 is 0. The van der Waals surface area contributed by atoms with Crippen LogP contribution < -0.4 is 11.0 Å². The van der Waals surface area contributed by atoms with Gasteiger partial charge < -0.3 is 0 Å². The Hall–Kier alpha value is -1.24. The Kier molecular flexibility index (Phi) is 2.22. The third-order valence-corrected chi connectivity index (χ3v) is 2.02. The highest BCUT2D eigenvalue weighted by molar-refractivity contribution is 4.49. The summed E-state index contributed by atoms with van der Waals surface area (Å²) in [6.45, 7) is 0. The van der Waals surface area contributed by atoms with Gasteiger partial charge in [-0.25, -0.2) is 11.0 Å². The van der Waals surface area contributed by atoms with Crippen LogP contribution in [0.5, 0.6) is 0 Å². The molecule has 0 bridgehead atoms. The van der Waals surface area contributed by atoms with Gasteiger partial charge in [-0.1, -0.05) is 4.91 Å². The number of rotatable bonds is 2. The van der Waals surface area contributed by atoms with Crippen molar-refractivity contribution in [2.75, 3.05) is 12.6 Å². The van der Waals surface area contributed by atoms with Gasteiger partial charge in [0.1, 0.15) is 0 Å². The van der Waals surface area contributed by atoms with Gasteiger partial charge in [0.2, 0.25) is 0 Å². The second-order valence-corrected chi connectivity index (χ2v) is 2.61. The maximum atomic E-state index is 2.96. The first-order valence-corrected chi connectivity index (χ1v) is 3.76. The molecule has 2 N–H and O–H groups in total. The van der Waals surface area contributed by atoms with Gasteiger partial charge in [-0.15, -0.1) is 0 Å². The molecule has 0 aromatic carbocycles. The fourth-order valence-electron chi connectivity index (χ4n) is 1.05. The van der Waals surface area contributed by atoms with Crippen molar-refractivity contribution in [3.63, 3.8) is 0 Å². The van der Waals surface area contributed by atoms with Crippen LogP contribution in [0.3, 0.4) is 0 Å². The van der Waals surface area contributed by atoms with E-state index in [2.05, 4.69) is 11.0 Å². The summed E-state index contributed by atoms with van der Waals surface area (Å²) in [4.78, 5) is 9.54. The van der Waals surface area contributed by atoms with Crippen molar-refractivity contribution < 1.29 is 0 Å². The quantitative estimate of drug-likeness (QED) is 0.546. The number of hydrogen-bond acceptors (Lipinski definition) is 2. The lowest BCUT2D eigenvalue weighted by Crippen LogP contribution is -2.36. The van der Waals surface area contributed by atoms with Crippen LogP contribution in [0, 0.1) is 0 Å². The van der Waals surface area contributed by atoms with Crippen molar-refractivity contribution in [2.45, 2.75) is 0 Å². The Morgan fingerprint density at radius 1 is 0.750 bits per heavy atom. The molecule has 0 radical (unpaired) electrons. The third kappa shape index (κ3) is 1.11. The van der Waals surface area contributed by atoms with Gasteiger partial charge in [0.15, 0.2) is 0 Å². The standard InChI is InChI=1S/C5H17N7/c1-6-7-12-10(4)8(2)9(3)11(12)5/h6-7H,1-5H3. The largest absolute Gasteiger partial charge is 0.226 e. The van der Waals surface area contributed by atoms with Crippen molar-refractivity contribution in [3.8, 4) is 0 Å². The molecule has 1 aromatic rings. The molecule has 0 aliphatic carbocycles. The second kappa shape index (κ2) is 3.02. The molecule has 1 aromatic heterocycles. The zero-order chi connectivity index (χ0) is 9.30. The molecule has 0 unspecified atom stereocenters. The minimum absolute atomic E-state index is 1.82. The van der Waals surface area contributed by atoms with Crippen LogP contribution in [0.25, 0.3) is 0 Å². The molecule has 0 aliphatic rings. The van der Waals surface area contributed by atoms with E-state index >= 15 is 0 Å². The Morgan fingerprint density at radius 3 is 1.50 bits per heavy atom. The lowest BCUT2D eigenvalue weighted by molar-refractivity contribution is 0.377. The highest BCUT2D eigenvalue weighted by Gasteiger charge is 2.01. The van der Waals surface area contributed by atoms with Gasteiger partial charge in [0, 0.05) is 21.1 Å². The summed E-state index contributed by atoms with van der Waals surface area (Å²) in [5, 5.41) is 0. The Labute approximate surface area is 71.3 Å². The summed E-state index contributed by atoms with van der Waals surface area (Å²) in [7, 11) is 9.65. The monoisotopic (exact) mass is 175 g/mol. The lowest BCUT2D eigenvalue weighted by atomic mass is 11.3. The zero-order valence-electron chi connectivity index (χ0n) is 8.24. The average Bonchev–Trinajstić information content (AvgIpc) is 2.23. The molecular formula is C5H17N7. The van der Waals surface area contributed by atoms with Crippen LogP contribution >= 0.6 is 0 Å². The predicted octanol–water partition coefficient (Wildman–Crippen LogP) is -1.36. The van der Waals surface area contributed by atoms with Gasteiger partial charge in [-0.3, -0.25) is 0 Å². The van der Waals surface area contributed by atoms with Gasteiger partial charge >= 0.3 is 0 Å². The second-order valence-electron chi connectivity index (χ2n) is 2.61. The minimum Gasteiger partial charge on any atom is -0.226 e. The lowest BCUT2D eigenvalue weighted by Gasteiger charge is -2.10. The van der Waals surface area contributed by atoms with Gasteiger partial charge in [-0.05, 0) is 0 Å². The number of nitrogens with zero attached hydrogens (tertiary/aromatic N) is 5. The van der Waals surface area contributed by atoms with E-state index < -0.39 is 0 Å². The molecule has 0 atom stereocenters. The van der Waals surface area contributed by atoms with Gasteiger partial charge in [0.25, 0.3) is 0 Å². The summed E-state index contributed by atoms with van der Waals surface area (Å²) in [6.07, 6.45) is 0. The molecule has 0 saturated heterocycles. The van der Waals surface area contributed by atoms with Crippen molar-refractivity contribution in [1.82, 2.24) is 29.5 Å². The van der Waals surface area contributed by atoms with E-state index in [0.717, 1.165) is 0 Å². The molecular weight excluding hydrogens is 158 g/mol. The molecule has 12 heavy (non-hydrogen) atoms. The number of hydrazine groups is 1. The predicted molar refractivity (Wildman–Crippen MR) is 46.4 cm³/mol. The van der Waals surface area contributed by atoms with Crippen LogP contribution in [-0.2, 0) is 28.2 Å². The van der Waals surface area contributed by atoms with Crippen LogP contribution in [0.15, 0.2) is 0 Å². The first-order valence-electron chi connectivity index (χ1n) is 3.76. The van der Waals surface area contributed by atoms with Crippen LogP contribution in [0.2, 0.25) is 0 Å². The van der Waals surface area contributed by atoms with E-state index in [1.54, 1.807) is 0 Å². The molecule has 1 heterocycles. The van der Waals surface area contributed by atoms with Crippen LogP contribution in [0.4, 0.5) is 0 Å². The highest BCUT2D eigenvalue weighted by atomic mass is 16.0. The van der Waals surface area contributed by atoms with E-state index in [9.17, 15) is 0 Å². The van der Waals surface area contributed by atoms with Crippen molar-refractivity contribution >= 4 is 0 Å². The van der Waals surface area contributed by atoms with Crippen molar-refractivity contribution in [1.29, 1.82) is 0 Å². The van der Waals surface area contributed by atoms with Crippen molar-refractivity contribution in [3.05, 3.63) is 0 Å². The molecule has 7 heteroatoms. The summed E-state index contributed by atoms with van der Waals surface area (Å²) >= 11 is 0. The SMILES string of the molecule is CNNn1n(C)n(C)n(C)n1C. The highest BCUT2D eigenvalue weighted by Crippen LogP contribution is 1.83. The summed E-state index contributed by atoms with van der Waals surface area (Å²) in [5.74, 6) is 0. The maximum absolute atomic E-state index is 2.96. The maximum Gasteiger partial charge on any atom is 0.0508 e. The minimum atomic E-state index is 1.82. The molecule has 0 amide bonds. The number of aromatic nitrogens is 5. The number of nitrogens with one attached hydrogen (secondary N) is 2. The van der Waals surface area contributed by atoms with E-state index in [1.165, 1.54) is 0 Å². The Balaban J connectivity index is 3.18. The van der Waals surface area contributed by atoms with E-state index in [4.69, 9.17) is 0 Å². The first kappa shape index (κ1) is 8.85. The number of hydrogen-bond donors (Lipinski definition) is 2. The molecule has 0 saturated carbocycles. The van der Waals surface area contributed by atoms with Crippen LogP contribution in [-0.4, -0.2) is 31.1 Å². The van der Waals surface area contributed by atoms with Gasteiger partial charge in [0.05, 0.1) is 14.1 Å². The molecule has 1 rings (SSSR count). The normalized spacial score (nSPS) is 10.4. The Bertz CT molecular complexity index is 263. The molecule has 0 aliphatic heterocycles. The fourth-order valence-corrected chi connectivity index (χ4v) is 1.05.